The van der Waals surface area contributed by atoms with Gasteiger partial charge >= 0.3 is 0 Å². The Labute approximate surface area is 128 Å². The minimum Gasteiger partial charge on any atom is -0.497 e. The SMILES string of the molecule is COc1ccc2c(c1)CCCC2NN1C(C)CCCC1C. The van der Waals surface area contributed by atoms with E-state index in [1.54, 1.807) is 7.11 Å². The predicted octanol–water partition coefficient (Wildman–Crippen LogP) is 3.84. The molecule has 0 aromatic heterocycles. The lowest BCUT2D eigenvalue weighted by Crippen LogP contribution is -2.53. The fourth-order valence-corrected chi connectivity index (χ4v) is 3.91. The minimum atomic E-state index is 0.461. The summed E-state index contributed by atoms with van der Waals surface area (Å²) in [5.74, 6) is 0.981. The second-order valence-corrected chi connectivity index (χ2v) is 6.67. The van der Waals surface area contributed by atoms with Crippen LogP contribution in [-0.4, -0.2) is 24.2 Å². The van der Waals surface area contributed by atoms with Gasteiger partial charge in [-0.1, -0.05) is 12.5 Å². The summed E-state index contributed by atoms with van der Waals surface area (Å²) >= 11 is 0. The van der Waals surface area contributed by atoms with E-state index in [9.17, 15) is 0 Å². The number of hydrogen-bond acceptors (Lipinski definition) is 3. The van der Waals surface area contributed by atoms with Crippen LogP contribution in [0.5, 0.6) is 5.75 Å². The molecule has 3 rings (SSSR count). The number of hydrogen-bond donors (Lipinski definition) is 1. The predicted molar refractivity (Wildman–Crippen MR) is 86.4 cm³/mol. The van der Waals surface area contributed by atoms with Crippen LogP contribution in [0.25, 0.3) is 0 Å². The summed E-state index contributed by atoms with van der Waals surface area (Å²) in [7, 11) is 1.75. The largest absolute Gasteiger partial charge is 0.497 e. The van der Waals surface area contributed by atoms with E-state index in [1.165, 1.54) is 49.7 Å². The Bertz CT molecular complexity index is 478. The number of benzene rings is 1. The first-order valence-electron chi connectivity index (χ1n) is 8.40. The molecule has 3 heteroatoms. The van der Waals surface area contributed by atoms with Crippen molar-refractivity contribution in [3.05, 3.63) is 29.3 Å². The summed E-state index contributed by atoms with van der Waals surface area (Å²) in [5, 5.41) is 2.51. The first-order chi connectivity index (χ1) is 10.2. The van der Waals surface area contributed by atoms with Crippen molar-refractivity contribution in [3.8, 4) is 5.75 Å². The molecule has 0 radical (unpaired) electrons. The van der Waals surface area contributed by atoms with E-state index < -0.39 is 0 Å². The quantitative estimate of drug-likeness (QED) is 0.914. The van der Waals surface area contributed by atoms with E-state index in [0.717, 1.165) is 5.75 Å². The summed E-state index contributed by atoms with van der Waals surface area (Å²) in [5.41, 5.74) is 6.76. The number of ether oxygens (including phenoxy) is 1. The van der Waals surface area contributed by atoms with Crippen LogP contribution in [0.15, 0.2) is 18.2 Å². The van der Waals surface area contributed by atoms with Gasteiger partial charge < -0.3 is 4.74 Å². The highest BCUT2D eigenvalue weighted by atomic mass is 16.5. The van der Waals surface area contributed by atoms with Gasteiger partial charge in [-0.05, 0) is 69.2 Å². The van der Waals surface area contributed by atoms with Gasteiger partial charge in [0, 0.05) is 18.1 Å². The number of nitrogens with zero attached hydrogens (tertiary/aromatic N) is 1. The molecule has 0 amide bonds. The van der Waals surface area contributed by atoms with Crippen molar-refractivity contribution in [3.63, 3.8) is 0 Å². The molecule has 0 saturated carbocycles. The molecule has 3 nitrogen and oxygen atoms in total. The molecule has 3 atom stereocenters. The standard InChI is InChI=1S/C18H28N2O/c1-13-6-4-7-14(2)20(13)19-18-9-5-8-15-12-16(21-3)10-11-17(15)18/h10-14,18-19H,4-9H2,1-3H3. The molecule has 1 heterocycles. The Hall–Kier alpha value is -1.06. The number of aryl methyl sites for hydroxylation is 1. The van der Waals surface area contributed by atoms with E-state index in [1.807, 2.05) is 0 Å². The van der Waals surface area contributed by atoms with Crippen molar-refractivity contribution >= 4 is 0 Å². The summed E-state index contributed by atoms with van der Waals surface area (Å²) in [4.78, 5) is 0. The van der Waals surface area contributed by atoms with Gasteiger partial charge in [0.15, 0.2) is 0 Å². The van der Waals surface area contributed by atoms with E-state index >= 15 is 0 Å². The lowest BCUT2D eigenvalue weighted by atomic mass is 9.87. The first-order valence-corrected chi connectivity index (χ1v) is 8.40. The molecule has 1 aliphatic carbocycles. The lowest BCUT2D eigenvalue weighted by molar-refractivity contribution is 0.0261. The summed E-state index contributed by atoms with van der Waals surface area (Å²) < 4.78 is 5.37. The molecule has 1 N–H and O–H groups in total. The van der Waals surface area contributed by atoms with Gasteiger partial charge in [-0.2, -0.15) is 0 Å². The van der Waals surface area contributed by atoms with Crippen molar-refractivity contribution in [2.24, 2.45) is 0 Å². The number of fused-ring (bicyclic) bond motifs is 1. The van der Waals surface area contributed by atoms with Crippen LogP contribution < -0.4 is 10.2 Å². The third kappa shape index (κ3) is 3.09. The number of piperidine rings is 1. The number of rotatable bonds is 3. The average Bonchev–Trinajstić information content (AvgIpc) is 2.50. The highest BCUT2D eigenvalue weighted by molar-refractivity contribution is 5.39. The Balaban J connectivity index is 1.78. The van der Waals surface area contributed by atoms with Crippen molar-refractivity contribution in [2.45, 2.75) is 70.5 Å². The van der Waals surface area contributed by atoms with E-state index in [4.69, 9.17) is 4.74 Å². The molecule has 0 spiro atoms. The van der Waals surface area contributed by atoms with Gasteiger partial charge in [0.25, 0.3) is 0 Å². The molecule has 1 aromatic carbocycles. The fourth-order valence-electron chi connectivity index (χ4n) is 3.91. The molecule has 2 aliphatic rings. The third-order valence-electron chi connectivity index (χ3n) is 5.16. The van der Waals surface area contributed by atoms with E-state index in [2.05, 4.69) is 42.5 Å². The summed E-state index contributed by atoms with van der Waals surface area (Å²) in [6.07, 6.45) is 7.64. The Morgan fingerprint density at radius 2 is 1.86 bits per heavy atom. The van der Waals surface area contributed by atoms with Gasteiger partial charge in [-0.15, -0.1) is 0 Å². The molecule has 3 unspecified atom stereocenters. The number of nitrogens with one attached hydrogen (secondary N) is 1. The maximum absolute atomic E-state index is 5.37. The zero-order valence-electron chi connectivity index (χ0n) is 13.6. The summed E-state index contributed by atoms with van der Waals surface area (Å²) in [6, 6.07) is 8.30. The maximum Gasteiger partial charge on any atom is 0.119 e. The number of methoxy groups -OCH3 is 1. The second kappa shape index (κ2) is 6.37. The van der Waals surface area contributed by atoms with Crippen molar-refractivity contribution in [2.75, 3.05) is 7.11 Å². The Kier molecular flexibility index (Phi) is 4.51. The van der Waals surface area contributed by atoms with Crippen LogP contribution in [0, 0.1) is 0 Å². The van der Waals surface area contributed by atoms with Gasteiger partial charge in [0.2, 0.25) is 0 Å². The van der Waals surface area contributed by atoms with Crippen LogP contribution in [0.1, 0.15) is 63.1 Å². The molecule has 21 heavy (non-hydrogen) atoms. The van der Waals surface area contributed by atoms with Gasteiger partial charge in [0.05, 0.1) is 7.11 Å². The molecule has 0 bridgehead atoms. The smallest absolute Gasteiger partial charge is 0.119 e. The average molecular weight is 288 g/mol. The molecule has 1 aliphatic heterocycles. The molecule has 1 fully saturated rings. The van der Waals surface area contributed by atoms with Crippen LogP contribution in [0.4, 0.5) is 0 Å². The summed E-state index contributed by atoms with van der Waals surface area (Å²) in [6.45, 7) is 4.70. The van der Waals surface area contributed by atoms with Crippen LogP contribution in [0.2, 0.25) is 0 Å². The molecular formula is C18H28N2O. The number of hydrazine groups is 1. The van der Waals surface area contributed by atoms with Crippen molar-refractivity contribution < 1.29 is 4.74 Å². The van der Waals surface area contributed by atoms with Crippen molar-refractivity contribution in [1.82, 2.24) is 10.4 Å². The Morgan fingerprint density at radius 1 is 1.10 bits per heavy atom. The third-order valence-corrected chi connectivity index (χ3v) is 5.16. The lowest BCUT2D eigenvalue weighted by Gasteiger charge is -2.42. The van der Waals surface area contributed by atoms with Gasteiger partial charge in [-0.25, -0.2) is 10.4 Å². The highest BCUT2D eigenvalue weighted by Gasteiger charge is 2.29. The van der Waals surface area contributed by atoms with E-state index in [0.29, 0.717) is 18.1 Å². The topological polar surface area (TPSA) is 24.5 Å². The van der Waals surface area contributed by atoms with Crippen LogP contribution in [-0.2, 0) is 6.42 Å². The molecular weight excluding hydrogens is 260 g/mol. The highest BCUT2D eigenvalue weighted by Crippen LogP contribution is 2.33. The van der Waals surface area contributed by atoms with Crippen molar-refractivity contribution in [1.29, 1.82) is 0 Å². The molecule has 1 saturated heterocycles. The zero-order valence-corrected chi connectivity index (χ0v) is 13.6. The monoisotopic (exact) mass is 288 g/mol. The van der Waals surface area contributed by atoms with Gasteiger partial charge in [-0.3, -0.25) is 0 Å². The molecule has 1 aromatic rings. The van der Waals surface area contributed by atoms with Crippen LogP contribution in [0.3, 0.4) is 0 Å². The van der Waals surface area contributed by atoms with Gasteiger partial charge in [0.1, 0.15) is 5.75 Å². The van der Waals surface area contributed by atoms with Crippen LogP contribution >= 0.6 is 0 Å². The second-order valence-electron chi connectivity index (χ2n) is 6.67. The zero-order chi connectivity index (χ0) is 14.8. The van der Waals surface area contributed by atoms with E-state index in [-0.39, 0.29) is 0 Å². The maximum atomic E-state index is 5.37. The molecule has 116 valence electrons. The fraction of sp³-hybridized carbons (Fsp3) is 0.667. The Morgan fingerprint density at radius 3 is 2.57 bits per heavy atom. The first kappa shape index (κ1) is 14.9. The normalized spacial score (nSPS) is 30.0. The minimum absolute atomic E-state index is 0.461.